The van der Waals surface area contributed by atoms with Crippen molar-refractivity contribution >= 4 is 60.2 Å². The van der Waals surface area contributed by atoms with Crippen LogP contribution in [0.25, 0.3) is 0 Å². The Balaban J connectivity index is 0.000000159. The first kappa shape index (κ1) is 31.3. The molecule has 0 atom stereocenters. The lowest BCUT2D eigenvalue weighted by Crippen LogP contribution is -2.37. The first-order valence-electron chi connectivity index (χ1n) is 12.6. The van der Waals surface area contributed by atoms with Crippen LogP contribution in [0.4, 0.5) is 4.79 Å². The molecular formula is C25H37Br3N6O4. The lowest BCUT2D eigenvalue weighted by atomic mass is 10.1. The van der Waals surface area contributed by atoms with Gasteiger partial charge in [0.25, 0.3) is 5.91 Å². The molecule has 0 unspecified atom stereocenters. The van der Waals surface area contributed by atoms with Crippen LogP contribution in [-0.2, 0) is 17.9 Å². The number of hydrogen-bond acceptors (Lipinski definition) is 6. The predicted octanol–water partition coefficient (Wildman–Crippen LogP) is 5.47. The summed E-state index contributed by atoms with van der Waals surface area (Å²) in [5, 5.41) is 28.1. The van der Waals surface area contributed by atoms with E-state index in [9.17, 15) is 19.8 Å². The van der Waals surface area contributed by atoms with Gasteiger partial charge in [0, 0.05) is 24.2 Å². The summed E-state index contributed by atoms with van der Waals surface area (Å²) in [5.41, 5.74) is 0.151. The number of aliphatic hydroxyl groups is 2. The normalized spacial score (nSPS) is 19.2. The third-order valence-electron chi connectivity index (χ3n) is 5.99. The molecule has 0 radical (unpaired) electrons. The molecule has 38 heavy (non-hydrogen) atoms. The second kappa shape index (κ2) is 11.7. The number of amides is 3. The first-order chi connectivity index (χ1) is 17.4. The number of halogens is 3. The van der Waals surface area contributed by atoms with Crippen LogP contribution >= 0.6 is 48.2 Å². The first-order valence-corrected chi connectivity index (χ1v) is 14.8. The second-order valence-electron chi connectivity index (χ2n) is 11.9. The van der Waals surface area contributed by atoms with E-state index in [0.29, 0.717) is 24.9 Å². The smallest absolute Gasteiger partial charge is 0.348 e. The summed E-state index contributed by atoms with van der Waals surface area (Å²) in [6.45, 7) is 11.6. The summed E-state index contributed by atoms with van der Waals surface area (Å²) in [4.78, 5) is 22.3. The second-order valence-corrected chi connectivity index (χ2v) is 14.2. The lowest BCUT2D eigenvalue weighted by molar-refractivity contribution is -0.127. The van der Waals surface area contributed by atoms with Gasteiger partial charge < -0.3 is 10.2 Å². The SMILES string of the molecule is CC(C)(O)Cn1cc(Br)c(C2CC2)n1.CC(C)(O)Cn1ccc(C2CC2)n1.CC1(C)C(=O)N(Br)C(=O)N1Br. The molecule has 3 aliphatic rings. The lowest BCUT2D eigenvalue weighted by Gasteiger charge is -2.19. The van der Waals surface area contributed by atoms with Crippen molar-refractivity contribution in [2.75, 3.05) is 0 Å². The minimum Gasteiger partial charge on any atom is -0.389 e. The Labute approximate surface area is 249 Å². The van der Waals surface area contributed by atoms with E-state index in [-0.39, 0.29) is 5.91 Å². The number of imide groups is 1. The fourth-order valence-electron chi connectivity index (χ4n) is 3.71. The zero-order valence-electron chi connectivity index (χ0n) is 22.7. The molecule has 13 heteroatoms. The minimum absolute atomic E-state index is 0.278. The van der Waals surface area contributed by atoms with Crippen LogP contribution in [0.1, 0.15) is 90.4 Å². The maximum Gasteiger partial charge on any atom is 0.348 e. The van der Waals surface area contributed by atoms with E-state index in [1.807, 2.05) is 21.8 Å². The number of carbonyl (C=O) groups excluding carboxylic acids is 2. The highest BCUT2D eigenvalue weighted by Gasteiger charge is 2.50. The molecule has 0 bridgehead atoms. The Morgan fingerprint density at radius 1 is 0.947 bits per heavy atom. The highest BCUT2D eigenvalue weighted by Crippen LogP contribution is 2.42. The van der Waals surface area contributed by atoms with Gasteiger partial charge >= 0.3 is 6.03 Å². The van der Waals surface area contributed by atoms with Crippen molar-refractivity contribution in [3.8, 4) is 0 Å². The van der Waals surface area contributed by atoms with Gasteiger partial charge in [-0.05, 0) is 89.2 Å². The van der Waals surface area contributed by atoms with Crippen molar-refractivity contribution in [3.05, 3.63) is 34.3 Å². The number of nitrogens with zero attached hydrogens (tertiary/aromatic N) is 6. The molecular weight excluding hydrogens is 688 g/mol. The van der Waals surface area contributed by atoms with Crippen molar-refractivity contribution in [2.45, 2.75) is 109 Å². The van der Waals surface area contributed by atoms with Crippen LogP contribution in [0.5, 0.6) is 0 Å². The molecule has 2 aliphatic carbocycles. The van der Waals surface area contributed by atoms with Gasteiger partial charge in [0.1, 0.15) is 5.54 Å². The number of rotatable bonds is 6. The molecule has 3 fully saturated rings. The van der Waals surface area contributed by atoms with Crippen molar-refractivity contribution in [2.24, 2.45) is 0 Å². The Kier molecular flexibility index (Phi) is 9.60. The van der Waals surface area contributed by atoms with E-state index >= 15 is 0 Å². The maximum atomic E-state index is 11.2. The summed E-state index contributed by atoms with van der Waals surface area (Å²) < 4.78 is 6.83. The number of carbonyl (C=O) groups is 2. The van der Waals surface area contributed by atoms with E-state index in [0.717, 1.165) is 14.1 Å². The van der Waals surface area contributed by atoms with E-state index < -0.39 is 22.8 Å². The zero-order chi connectivity index (χ0) is 28.6. The molecule has 5 rings (SSSR count). The largest absolute Gasteiger partial charge is 0.389 e. The standard InChI is InChI=1S/C10H15BrN2O.C10H16N2O.C5H6Br2N2O2/c1-10(2,14)6-13-5-8(11)9(12-13)7-3-4-7;1-10(2,13)7-12-6-5-9(11-12)8-3-4-8;1-5(2)3(10)8(6)4(11)9(5)7/h5,7,14H,3-4,6H2,1-2H3;5-6,8,13H,3-4,7H2,1-2H3;1-2H3. The maximum absolute atomic E-state index is 11.2. The van der Waals surface area contributed by atoms with Crippen molar-refractivity contribution in [1.29, 1.82) is 0 Å². The number of aromatic nitrogens is 4. The summed E-state index contributed by atoms with van der Waals surface area (Å²) >= 11 is 9.35. The molecule has 1 saturated heterocycles. The van der Waals surface area contributed by atoms with Crippen LogP contribution in [0.2, 0.25) is 0 Å². The van der Waals surface area contributed by atoms with Crippen LogP contribution in [-0.4, -0.2) is 66.3 Å². The third-order valence-corrected chi connectivity index (χ3v) is 8.42. The number of hydrogen-bond donors (Lipinski definition) is 2. The number of urea groups is 1. The van der Waals surface area contributed by atoms with Crippen molar-refractivity contribution in [3.63, 3.8) is 0 Å². The summed E-state index contributed by atoms with van der Waals surface area (Å²) in [5.74, 6) is 1.06. The molecule has 2 N–H and O–H groups in total. The molecule has 3 amide bonds. The van der Waals surface area contributed by atoms with E-state index in [1.165, 1.54) is 35.3 Å². The molecule has 2 saturated carbocycles. The van der Waals surface area contributed by atoms with Gasteiger partial charge in [0.2, 0.25) is 0 Å². The van der Waals surface area contributed by atoms with Crippen LogP contribution < -0.4 is 0 Å². The van der Waals surface area contributed by atoms with E-state index in [1.54, 1.807) is 41.5 Å². The minimum atomic E-state index is -0.805. The average molecular weight is 725 g/mol. The average Bonchev–Trinajstić information content (AvgIpc) is 3.71. The zero-order valence-corrected chi connectivity index (χ0v) is 27.4. The fourth-order valence-corrected chi connectivity index (χ4v) is 5.46. The quantitative estimate of drug-likeness (QED) is 0.302. The van der Waals surface area contributed by atoms with Crippen LogP contribution in [0.15, 0.2) is 22.9 Å². The van der Waals surface area contributed by atoms with Crippen LogP contribution in [0, 0.1) is 0 Å². The molecule has 2 aromatic heterocycles. The monoisotopic (exact) mass is 722 g/mol. The fraction of sp³-hybridized carbons (Fsp3) is 0.680. The van der Waals surface area contributed by atoms with Gasteiger partial charge in [-0.25, -0.2) is 8.72 Å². The Morgan fingerprint density at radius 2 is 1.47 bits per heavy atom. The van der Waals surface area contributed by atoms with Gasteiger partial charge in [-0.1, -0.05) is 0 Å². The molecule has 3 heterocycles. The summed E-state index contributed by atoms with van der Waals surface area (Å²) in [6, 6.07) is 1.66. The molecule has 1 aliphatic heterocycles. The predicted molar refractivity (Wildman–Crippen MR) is 155 cm³/mol. The Morgan fingerprint density at radius 3 is 1.87 bits per heavy atom. The third kappa shape index (κ3) is 8.61. The summed E-state index contributed by atoms with van der Waals surface area (Å²) in [6.07, 6.45) is 8.95. The van der Waals surface area contributed by atoms with E-state index in [2.05, 4.69) is 64.5 Å². The van der Waals surface area contributed by atoms with E-state index in [4.69, 9.17) is 0 Å². The van der Waals surface area contributed by atoms with Crippen LogP contribution in [0.3, 0.4) is 0 Å². The van der Waals surface area contributed by atoms with Gasteiger partial charge in [-0.3, -0.25) is 14.2 Å². The highest BCUT2D eigenvalue weighted by molar-refractivity contribution is 9.10. The Hall–Kier alpha value is -1.28. The van der Waals surface area contributed by atoms with Crippen molar-refractivity contribution < 1.29 is 19.8 Å². The molecule has 212 valence electrons. The molecule has 0 spiro atoms. The molecule has 2 aromatic rings. The molecule has 0 aromatic carbocycles. The van der Waals surface area contributed by atoms with Gasteiger partial charge in [-0.2, -0.15) is 14.1 Å². The van der Waals surface area contributed by atoms with Gasteiger partial charge in [0.05, 0.1) is 72.4 Å². The van der Waals surface area contributed by atoms with Gasteiger partial charge in [-0.15, -0.1) is 0 Å². The topological polar surface area (TPSA) is 117 Å². The Bertz CT molecular complexity index is 1140. The highest BCUT2D eigenvalue weighted by atomic mass is 79.9. The summed E-state index contributed by atoms with van der Waals surface area (Å²) in [7, 11) is 0. The molecule has 10 nitrogen and oxygen atoms in total. The van der Waals surface area contributed by atoms with Gasteiger partial charge in [0.15, 0.2) is 0 Å². The van der Waals surface area contributed by atoms with Crippen molar-refractivity contribution in [1.82, 2.24) is 27.4 Å².